The number of aliphatic hydroxyl groups is 1. The molecule has 0 fully saturated rings. The van der Waals surface area contributed by atoms with E-state index in [4.69, 9.17) is 4.74 Å². The van der Waals surface area contributed by atoms with Gasteiger partial charge in [-0.15, -0.1) is 0 Å². The quantitative estimate of drug-likeness (QED) is 0.826. The zero-order valence-electron chi connectivity index (χ0n) is 11.2. The third kappa shape index (κ3) is 4.73. The number of rotatable bonds is 6. The highest BCUT2D eigenvalue weighted by molar-refractivity contribution is 5.26. The van der Waals surface area contributed by atoms with Crippen LogP contribution in [0.5, 0.6) is 5.88 Å². The summed E-state index contributed by atoms with van der Waals surface area (Å²) in [6.07, 6.45) is 1.02. The summed E-state index contributed by atoms with van der Waals surface area (Å²) in [5, 5.41) is 9.20. The van der Waals surface area contributed by atoms with Crippen molar-refractivity contribution < 1.29 is 9.84 Å². The first-order chi connectivity index (χ1) is 8.02. The third-order valence-electron chi connectivity index (χ3n) is 2.60. The number of aliphatic hydroxyl groups excluding tert-OH is 1. The Balaban J connectivity index is 2.73. The maximum atomic E-state index is 9.20. The maximum absolute atomic E-state index is 9.20. The van der Waals surface area contributed by atoms with Gasteiger partial charge in [-0.2, -0.15) is 0 Å². The van der Waals surface area contributed by atoms with Crippen molar-refractivity contribution in [1.82, 2.24) is 4.98 Å². The first-order valence-corrected chi connectivity index (χ1v) is 6.27. The molecule has 17 heavy (non-hydrogen) atoms. The fraction of sp³-hybridized carbons (Fsp3) is 0.643. The molecule has 96 valence electrons. The van der Waals surface area contributed by atoms with Gasteiger partial charge in [-0.05, 0) is 29.9 Å². The highest BCUT2D eigenvalue weighted by Crippen LogP contribution is 2.19. The lowest BCUT2D eigenvalue weighted by atomic mass is 10.1. The summed E-state index contributed by atoms with van der Waals surface area (Å²) in [5.41, 5.74) is 1.83. The molecule has 0 aromatic carbocycles. The Labute approximate surface area is 104 Å². The Kier molecular flexibility index (Phi) is 5.42. The van der Waals surface area contributed by atoms with Gasteiger partial charge in [0.05, 0.1) is 13.2 Å². The molecule has 1 N–H and O–H groups in total. The molecule has 0 atom stereocenters. The lowest BCUT2D eigenvalue weighted by molar-refractivity contribution is 0.269. The van der Waals surface area contributed by atoms with Gasteiger partial charge in [-0.3, -0.25) is 0 Å². The molecule has 0 aliphatic carbocycles. The second-order valence-electron chi connectivity index (χ2n) is 5.08. The number of hydrogen-bond acceptors (Lipinski definition) is 3. The van der Waals surface area contributed by atoms with E-state index in [2.05, 4.69) is 32.7 Å². The van der Waals surface area contributed by atoms with Crippen molar-refractivity contribution >= 4 is 0 Å². The van der Waals surface area contributed by atoms with Crippen molar-refractivity contribution in [3.05, 3.63) is 23.4 Å². The van der Waals surface area contributed by atoms with Gasteiger partial charge in [0.25, 0.3) is 0 Å². The molecule has 0 saturated carbocycles. The second-order valence-corrected chi connectivity index (χ2v) is 5.08. The highest BCUT2D eigenvalue weighted by atomic mass is 16.5. The number of ether oxygens (including phenoxy) is 1. The Morgan fingerprint density at radius 1 is 1.24 bits per heavy atom. The Bertz CT molecular complexity index is 348. The molecule has 1 heterocycles. The third-order valence-corrected chi connectivity index (χ3v) is 2.60. The molecule has 0 bridgehead atoms. The van der Waals surface area contributed by atoms with E-state index in [1.54, 1.807) is 0 Å². The monoisotopic (exact) mass is 237 g/mol. The molecule has 0 aliphatic heterocycles. The molecule has 3 nitrogen and oxygen atoms in total. The molecule has 1 rings (SSSR count). The van der Waals surface area contributed by atoms with Crippen LogP contribution in [0.2, 0.25) is 0 Å². The van der Waals surface area contributed by atoms with E-state index < -0.39 is 0 Å². The standard InChI is InChI=1S/C14H23NO2/c1-10(2)5-6-17-14-8-12(9-16)7-13(15-14)11(3)4/h7-8,10-11,16H,5-6,9H2,1-4H3. The van der Waals surface area contributed by atoms with Crippen molar-refractivity contribution in [2.24, 2.45) is 5.92 Å². The largest absolute Gasteiger partial charge is 0.478 e. The predicted molar refractivity (Wildman–Crippen MR) is 69.2 cm³/mol. The summed E-state index contributed by atoms with van der Waals surface area (Å²) >= 11 is 0. The van der Waals surface area contributed by atoms with Crippen LogP contribution in [-0.4, -0.2) is 16.7 Å². The van der Waals surface area contributed by atoms with Crippen LogP contribution >= 0.6 is 0 Å². The Morgan fingerprint density at radius 2 is 1.94 bits per heavy atom. The Hall–Kier alpha value is -1.09. The van der Waals surface area contributed by atoms with Crippen LogP contribution < -0.4 is 4.74 Å². The van der Waals surface area contributed by atoms with Crippen LogP contribution in [0.1, 0.15) is 51.3 Å². The van der Waals surface area contributed by atoms with E-state index >= 15 is 0 Å². The smallest absolute Gasteiger partial charge is 0.213 e. The average Bonchev–Trinajstić information content (AvgIpc) is 2.28. The fourth-order valence-electron chi connectivity index (χ4n) is 1.44. The number of nitrogens with zero attached hydrogens (tertiary/aromatic N) is 1. The van der Waals surface area contributed by atoms with Crippen molar-refractivity contribution in [1.29, 1.82) is 0 Å². The van der Waals surface area contributed by atoms with Crippen LogP contribution in [0, 0.1) is 5.92 Å². The van der Waals surface area contributed by atoms with Crippen LogP contribution in [0.4, 0.5) is 0 Å². The SMILES string of the molecule is CC(C)CCOc1cc(CO)cc(C(C)C)n1. The van der Waals surface area contributed by atoms with Gasteiger partial charge in [0, 0.05) is 11.8 Å². The summed E-state index contributed by atoms with van der Waals surface area (Å²) in [6, 6.07) is 3.74. The maximum Gasteiger partial charge on any atom is 0.213 e. The highest BCUT2D eigenvalue weighted by Gasteiger charge is 2.07. The van der Waals surface area contributed by atoms with Gasteiger partial charge in [0.2, 0.25) is 5.88 Å². The van der Waals surface area contributed by atoms with Gasteiger partial charge in [0.15, 0.2) is 0 Å². The van der Waals surface area contributed by atoms with Gasteiger partial charge in [0.1, 0.15) is 0 Å². The van der Waals surface area contributed by atoms with E-state index in [0.29, 0.717) is 24.3 Å². The fourth-order valence-corrected chi connectivity index (χ4v) is 1.44. The van der Waals surface area contributed by atoms with Crippen molar-refractivity contribution in [3.63, 3.8) is 0 Å². The lowest BCUT2D eigenvalue weighted by Gasteiger charge is -2.12. The molecule has 0 unspecified atom stereocenters. The van der Waals surface area contributed by atoms with E-state index in [1.807, 2.05) is 12.1 Å². The molecule has 0 aliphatic rings. The minimum absolute atomic E-state index is 0.0305. The van der Waals surface area contributed by atoms with Crippen molar-refractivity contribution in [2.75, 3.05) is 6.61 Å². The molecule has 0 saturated heterocycles. The molecular weight excluding hydrogens is 214 g/mol. The summed E-state index contributed by atoms with van der Waals surface area (Å²) in [4.78, 5) is 4.44. The van der Waals surface area contributed by atoms with Gasteiger partial charge in [-0.25, -0.2) is 4.98 Å². The molecule has 1 aromatic rings. The van der Waals surface area contributed by atoms with Crippen molar-refractivity contribution in [3.8, 4) is 5.88 Å². The lowest BCUT2D eigenvalue weighted by Crippen LogP contribution is -2.05. The minimum Gasteiger partial charge on any atom is -0.478 e. The molecule has 0 radical (unpaired) electrons. The van der Waals surface area contributed by atoms with Gasteiger partial charge < -0.3 is 9.84 Å². The summed E-state index contributed by atoms with van der Waals surface area (Å²) in [7, 11) is 0. The van der Waals surface area contributed by atoms with Crippen LogP contribution in [0.3, 0.4) is 0 Å². The molecule has 3 heteroatoms. The van der Waals surface area contributed by atoms with Gasteiger partial charge >= 0.3 is 0 Å². The van der Waals surface area contributed by atoms with Crippen LogP contribution in [-0.2, 0) is 6.61 Å². The zero-order chi connectivity index (χ0) is 12.8. The first kappa shape index (κ1) is 14.0. The van der Waals surface area contributed by atoms with E-state index in [0.717, 1.165) is 17.7 Å². The summed E-state index contributed by atoms with van der Waals surface area (Å²) in [6.45, 7) is 9.21. The summed E-state index contributed by atoms with van der Waals surface area (Å²) < 4.78 is 5.63. The molecule has 0 amide bonds. The second kappa shape index (κ2) is 6.60. The number of aromatic nitrogens is 1. The Morgan fingerprint density at radius 3 is 2.47 bits per heavy atom. The zero-order valence-corrected chi connectivity index (χ0v) is 11.2. The molecule has 0 spiro atoms. The number of pyridine rings is 1. The predicted octanol–water partition coefficient (Wildman–Crippen LogP) is 3.12. The van der Waals surface area contributed by atoms with Crippen LogP contribution in [0.15, 0.2) is 12.1 Å². The normalized spacial score (nSPS) is 11.2. The summed E-state index contributed by atoms with van der Waals surface area (Å²) in [5.74, 6) is 1.59. The van der Waals surface area contributed by atoms with Crippen LogP contribution in [0.25, 0.3) is 0 Å². The van der Waals surface area contributed by atoms with E-state index in [-0.39, 0.29) is 6.61 Å². The number of hydrogen-bond donors (Lipinski definition) is 1. The first-order valence-electron chi connectivity index (χ1n) is 6.27. The molecular formula is C14H23NO2. The van der Waals surface area contributed by atoms with Gasteiger partial charge in [-0.1, -0.05) is 27.7 Å². The minimum atomic E-state index is 0.0305. The van der Waals surface area contributed by atoms with Crippen molar-refractivity contribution in [2.45, 2.75) is 46.6 Å². The van der Waals surface area contributed by atoms with E-state index in [1.165, 1.54) is 0 Å². The average molecular weight is 237 g/mol. The molecule has 1 aromatic heterocycles. The topological polar surface area (TPSA) is 42.4 Å². The van der Waals surface area contributed by atoms with E-state index in [9.17, 15) is 5.11 Å².